The highest BCUT2D eigenvalue weighted by Gasteiger charge is 2.28. The summed E-state index contributed by atoms with van der Waals surface area (Å²) in [7, 11) is -0.782. The Morgan fingerprint density at radius 3 is 2.63 bits per heavy atom. The van der Waals surface area contributed by atoms with Gasteiger partial charge in [0.1, 0.15) is 17.2 Å². The Labute approximate surface area is 264 Å². The number of fused-ring (bicyclic) bond motifs is 6. The number of nitrogens with zero attached hydrogens (tertiary/aromatic N) is 4. The molecule has 0 fully saturated rings. The van der Waals surface area contributed by atoms with Gasteiger partial charge >= 0.3 is 0 Å². The zero-order chi connectivity index (χ0) is 32.5. The molecule has 0 unspecified atom stereocenters. The van der Waals surface area contributed by atoms with Crippen molar-refractivity contribution in [2.45, 2.75) is 19.9 Å². The third-order valence-corrected chi connectivity index (χ3v) is 9.80. The van der Waals surface area contributed by atoms with E-state index >= 15 is 0 Å². The fourth-order valence-electron chi connectivity index (χ4n) is 6.22. The quantitative estimate of drug-likeness (QED) is 0.204. The first-order valence-corrected chi connectivity index (χ1v) is 16.4. The fraction of sp³-hybridized carbons (Fsp3) is 0.171. The molecule has 0 aliphatic carbocycles. The molecule has 1 aliphatic rings. The van der Waals surface area contributed by atoms with E-state index < -0.39 is 15.9 Å². The summed E-state index contributed by atoms with van der Waals surface area (Å²) in [6.45, 7) is 10.3. The molecule has 46 heavy (non-hydrogen) atoms. The van der Waals surface area contributed by atoms with Crippen LogP contribution in [0.4, 0.5) is 15.8 Å². The predicted octanol–water partition coefficient (Wildman–Crippen LogP) is 7.09. The van der Waals surface area contributed by atoms with E-state index in [2.05, 4.69) is 10.2 Å². The number of anilines is 1. The molecule has 0 spiro atoms. The zero-order valence-electron chi connectivity index (χ0n) is 25.5. The SMILES string of the molecule is [C-]#[N+]c1cc(C)ccc1-c1oc2cc(N(C)S(C)(=O)=O)c(-c3ccc4c(n3)-c3cc5c(F)cccc5n3CC4)cc2c1C(=O)NC. The van der Waals surface area contributed by atoms with Gasteiger partial charge in [-0.1, -0.05) is 35.9 Å². The van der Waals surface area contributed by atoms with Crippen molar-refractivity contribution in [1.82, 2.24) is 14.9 Å². The number of hydrogen-bond donors (Lipinski definition) is 1. The highest BCUT2D eigenvalue weighted by molar-refractivity contribution is 7.92. The van der Waals surface area contributed by atoms with E-state index in [1.807, 2.05) is 35.8 Å². The molecule has 230 valence electrons. The molecule has 0 saturated heterocycles. The van der Waals surface area contributed by atoms with Crippen LogP contribution in [-0.4, -0.2) is 44.2 Å². The Balaban J connectivity index is 1.51. The van der Waals surface area contributed by atoms with Crippen molar-refractivity contribution in [1.29, 1.82) is 0 Å². The summed E-state index contributed by atoms with van der Waals surface area (Å²) < 4.78 is 50.0. The number of sulfonamides is 1. The lowest BCUT2D eigenvalue weighted by Crippen LogP contribution is -2.25. The summed E-state index contributed by atoms with van der Waals surface area (Å²) in [6.07, 6.45) is 1.79. The van der Waals surface area contributed by atoms with E-state index in [0.717, 1.165) is 32.9 Å². The van der Waals surface area contributed by atoms with Crippen LogP contribution in [0, 0.1) is 19.3 Å². The maximum absolute atomic E-state index is 14.8. The molecular formula is C35H28FN5O4S. The maximum Gasteiger partial charge on any atom is 0.255 e. The van der Waals surface area contributed by atoms with Crippen LogP contribution >= 0.6 is 0 Å². The normalized spacial score (nSPS) is 12.5. The second kappa shape index (κ2) is 10.6. The first-order chi connectivity index (χ1) is 22.0. The summed E-state index contributed by atoms with van der Waals surface area (Å²) in [5.41, 5.74) is 6.56. The van der Waals surface area contributed by atoms with Gasteiger partial charge in [0.05, 0.1) is 46.7 Å². The molecule has 1 amide bonds. The smallest absolute Gasteiger partial charge is 0.255 e. The molecule has 1 N–H and O–H groups in total. The van der Waals surface area contributed by atoms with Crippen molar-refractivity contribution >= 4 is 49.2 Å². The third kappa shape index (κ3) is 4.52. The number of hydrogen-bond acceptors (Lipinski definition) is 5. The van der Waals surface area contributed by atoms with E-state index in [1.165, 1.54) is 20.2 Å². The number of halogens is 1. The van der Waals surface area contributed by atoms with Gasteiger partial charge in [-0.2, -0.15) is 0 Å². The topological polar surface area (TPSA) is 102 Å². The zero-order valence-corrected chi connectivity index (χ0v) is 26.3. The molecule has 0 radical (unpaired) electrons. The Hall–Kier alpha value is -5.47. The van der Waals surface area contributed by atoms with Gasteiger partial charge in [0.25, 0.3) is 5.91 Å². The van der Waals surface area contributed by atoms with Crippen LogP contribution in [0.2, 0.25) is 0 Å². The predicted molar refractivity (Wildman–Crippen MR) is 177 cm³/mol. The molecule has 0 saturated carbocycles. The Kier molecular flexibility index (Phi) is 6.72. The summed E-state index contributed by atoms with van der Waals surface area (Å²) in [5, 5.41) is 3.62. The van der Waals surface area contributed by atoms with Crippen molar-refractivity contribution in [2.24, 2.45) is 0 Å². The van der Waals surface area contributed by atoms with Gasteiger partial charge in [-0.05, 0) is 49.2 Å². The van der Waals surface area contributed by atoms with Gasteiger partial charge in [0.15, 0.2) is 5.69 Å². The number of aryl methyl sites for hydroxylation is 3. The number of furan rings is 1. The standard InChI is InChI=1S/C35H28FN5O4S/c1-19-9-11-21(27(15-19)37-2)34-32(35(42)38-3)24-16-23(29(18-31(24)45-34)40(4)46(5,43)44)26-12-10-20-13-14-41-28-8-6-7-25(36)22(28)17-30(41)33(20)39-26/h6-12,15-18H,13-14H2,1,3-5H3,(H,38,42). The van der Waals surface area contributed by atoms with Gasteiger partial charge in [-0.3, -0.25) is 9.10 Å². The minimum atomic E-state index is -3.74. The Morgan fingerprint density at radius 1 is 1.09 bits per heavy atom. The third-order valence-electron chi connectivity index (χ3n) is 8.61. The van der Waals surface area contributed by atoms with Crippen molar-refractivity contribution in [3.05, 3.63) is 101 Å². The van der Waals surface area contributed by atoms with Crippen LogP contribution in [0.15, 0.2) is 71.1 Å². The van der Waals surface area contributed by atoms with E-state index in [4.69, 9.17) is 16.0 Å². The molecule has 1 aliphatic heterocycles. The number of amides is 1. The molecule has 9 nitrogen and oxygen atoms in total. The molecule has 7 rings (SSSR count). The number of benzene rings is 3. The molecule has 11 heteroatoms. The minimum Gasteiger partial charge on any atom is -0.456 e. The Morgan fingerprint density at radius 2 is 1.89 bits per heavy atom. The summed E-state index contributed by atoms with van der Waals surface area (Å²) in [5.74, 6) is -0.534. The maximum atomic E-state index is 14.8. The second-order valence-electron chi connectivity index (χ2n) is 11.4. The first-order valence-electron chi connectivity index (χ1n) is 14.5. The number of nitrogens with one attached hydrogen (secondary N) is 1. The van der Waals surface area contributed by atoms with E-state index in [0.29, 0.717) is 57.6 Å². The fourth-order valence-corrected chi connectivity index (χ4v) is 6.73. The first kappa shape index (κ1) is 29.3. The van der Waals surface area contributed by atoms with E-state index in [1.54, 1.807) is 36.4 Å². The van der Waals surface area contributed by atoms with Gasteiger partial charge < -0.3 is 14.3 Å². The van der Waals surface area contributed by atoms with Crippen molar-refractivity contribution < 1.29 is 22.0 Å². The van der Waals surface area contributed by atoms with Gasteiger partial charge in [0.2, 0.25) is 10.0 Å². The average Bonchev–Trinajstić information content (AvgIpc) is 3.62. The lowest BCUT2D eigenvalue weighted by atomic mass is 9.98. The number of pyridine rings is 1. The molecule has 3 aromatic carbocycles. The number of carbonyl (C=O) groups is 1. The van der Waals surface area contributed by atoms with Crippen LogP contribution < -0.4 is 9.62 Å². The van der Waals surface area contributed by atoms with Crippen LogP contribution in [-0.2, 0) is 23.0 Å². The highest BCUT2D eigenvalue weighted by atomic mass is 32.2. The number of rotatable bonds is 5. The molecule has 3 aromatic heterocycles. The second-order valence-corrected chi connectivity index (χ2v) is 13.4. The summed E-state index contributed by atoms with van der Waals surface area (Å²) in [4.78, 5) is 22.1. The summed E-state index contributed by atoms with van der Waals surface area (Å²) in [6, 6.07) is 19.2. The highest BCUT2D eigenvalue weighted by Crippen LogP contribution is 2.44. The number of carbonyl (C=O) groups excluding carboxylic acids is 1. The van der Waals surface area contributed by atoms with Crippen molar-refractivity contribution in [3.63, 3.8) is 0 Å². The Bertz CT molecular complexity index is 2420. The molecule has 0 atom stereocenters. The average molecular weight is 634 g/mol. The van der Waals surface area contributed by atoms with Gasteiger partial charge in [0, 0.05) is 48.6 Å². The van der Waals surface area contributed by atoms with Crippen LogP contribution in [0.5, 0.6) is 0 Å². The molecule has 4 heterocycles. The lowest BCUT2D eigenvalue weighted by molar-refractivity contribution is 0.0964. The van der Waals surface area contributed by atoms with Crippen LogP contribution in [0.3, 0.4) is 0 Å². The van der Waals surface area contributed by atoms with Crippen molar-refractivity contribution in [2.75, 3.05) is 24.7 Å². The number of aromatic nitrogens is 2. The van der Waals surface area contributed by atoms with Gasteiger partial charge in [-0.25, -0.2) is 22.6 Å². The summed E-state index contributed by atoms with van der Waals surface area (Å²) >= 11 is 0. The van der Waals surface area contributed by atoms with Crippen LogP contribution in [0.25, 0.3) is 60.7 Å². The van der Waals surface area contributed by atoms with Crippen molar-refractivity contribution in [3.8, 4) is 34.0 Å². The van der Waals surface area contributed by atoms with Gasteiger partial charge in [-0.15, -0.1) is 0 Å². The van der Waals surface area contributed by atoms with E-state index in [-0.39, 0.29) is 22.7 Å². The van der Waals surface area contributed by atoms with E-state index in [9.17, 15) is 17.6 Å². The molecule has 0 bridgehead atoms. The lowest BCUT2D eigenvalue weighted by Gasteiger charge is -2.23. The molecule has 6 aromatic rings. The molecular weight excluding hydrogens is 605 g/mol. The minimum absolute atomic E-state index is 0.204. The largest absolute Gasteiger partial charge is 0.456 e. The van der Waals surface area contributed by atoms with Crippen LogP contribution in [0.1, 0.15) is 21.5 Å². The monoisotopic (exact) mass is 633 g/mol.